The van der Waals surface area contributed by atoms with Crippen molar-refractivity contribution in [2.75, 3.05) is 11.5 Å². The molecule has 0 unspecified atom stereocenters. The van der Waals surface area contributed by atoms with E-state index in [1.54, 1.807) is 12.1 Å². The summed E-state index contributed by atoms with van der Waals surface area (Å²) in [5.41, 5.74) is 0. The first-order valence-corrected chi connectivity index (χ1v) is 8.86. The predicted molar refractivity (Wildman–Crippen MR) is 80.6 cm³/mol. The van der Waals surface area contributed by atoms with Gasteiger partial charge in [-0.05, 0) is 48.5 Å². The van der Waals surface area contributed by atoms with E-state index in [1.807, 2.05) is 12.1 Å². The number of halogens is 2. The first kappa shape index (κ1) is 15.4. The van der Waals surface area contributed by atoms with Crippen LogP contribution in [0.3, 0.4) is 0 Å². The van der Waals surface area contributed by atoms with Gasteiger partial charge in [-0.3, -0.25) is 0 Å². The molecule has 0 radical (unpaired) electrons. The van der Waals surface area contributed by atoms with Crippen LogP contribution in [0.25, 0.3) is 0 Å². The summed E-state index contributed by atoms with van der Waals surface area (Å²) in [5.74, 6) is -0.00715. The molecule has 2 nitrogen and oxygen atoms in total. The first-order chi connectivity index (χ1) is 9.47. The van der Waals surface area contributed by atoms with Crippen molar-refractivity contribution in [1.82, 2.24) is 0 Å². The van der Waals surface area contributed by atoms with E-state index in [9.17, 15) is 12.8 Å². The summed E-state index contributed by atoms with van der Waals surface area (Å²) in [5, 5.41) is 0.647. The van der Waals surface area contributed by atoms with Crippen LogP contribution in [0.2, 0.25) is 5.02 Å². The largest absolute Gasteiger partial charge is 0.224 e. The topological polar surface area (TPSA) is 34.1 Å². The number of hydrogen-bond donors (Lipinski definition) is 0. The zero-order valence-electron chi connectivity index (χ0n) is 10.4. The van der Waals surface area contributed by atoms with Crippen LogP contribution < -0.4 is 0 Å². The highest BCUT2D eigenvalue weighted by Gasteiger charge is 2.14. The van der Waals surface area contributed by atoms with Crippen molar-refractivity contribution in [3.05, 3.63) is 59.4 Å². The van der Waals surface area contributed by atoms with Crippen LogP contribution in [0.5, 0.6) is 0 Å². The van der Waals surface area contributed by atoms with Crippen LogP contribution >= 0.6 is 23.4 Å². The molecule has 0 heterocycles. The minimum Gasteiger partial charge on any atom is -0.224 e. The van der Waals surface area contributed by atoms with E-state index in [2.05, 4.69) is 0 Å². The molecular formula is C14H12ClFO2S2. The third kappa shape index (κ3) is 4.23. The lowest BCUT2D eigenvalue weighted by Gasteiger charge is -2.05. The minimum atomic E-state index is -3.37. The van der Waals surface area contributed by atoms with Gasteiger partial charge in [0.2, 0.25) is 0 Å². The summed E-state index contributed by atoms with van der Waals surface area (Å²) in [6.45, 7) is 0. The summed E-state index contributed by atoms with van der Waals surface area (Å²) in [6.07, 6.45) is 0. The van der Waals surface area contributed by atoms with Crippen molar-refractivity contribution in [3.63, 3.8) is 0 Å². The van der Waals surface area contributed by atoms with Crippen LogP contribution in [0.1, 0.15) is 0 Å². The maximum Gasteiger partial charge on any atom is 0.179 e. The summed E-state index contributed by atoms with van der Waals surface area (Å²) < 4.78 is 36.8. The maximum absolute atomic E-state index is 12.8. The molecule has 6 heteroatoms. The monoisotopic (exact) mass is 330 g/mol. The third-order valence-electron chi connectivity index (χ3n) is 2.61. The fourth-order valence-electron chi connectivity index (χ4n) is 1.56. The normalized spacial score (nSPS) is 11.5. The lowest BCUT2D eigenvalue weighted by atomic mass is 10.4. The van der Waals surface area contributed by atoms with E-state index in [1.165, 1.54) is 23.9 Å². The number of sulfone groups is 1. The van der Waals surface area contributed by atoms with Crippen molar-refractivity contribution in [1.29, 1.82) is 0 Å². The Morgan fingerprint density at radius 3 is 2.20 bits per heavy atom. The SMILES string of the molecule is O=S(=O)(CCSc1ccc(Cl)cc1)c1ccc(F)cc1. The van der Waals surface area contributed by atoms with E-state index >= 15 is 0 Å². The Bertz CT molecular complexity index is 667. The summed E-state index contributed by atoms with van der Waals surface area (Å²) in [7, 11) is -3.37. The van der Waals surface area contributed by atoms with Crippen molar-refractivity contribution in [2.24, 2.45) is 0 Å². The molecule has 0 fully saturated rings. The molecule has 106 valence electrons. The Labute approximate surface area is 126 Å². The highest BCUT2D eigenvalue weighted by molar-refractivity contribution is 8.00. The molecule has 0 aromatic heterocycles. The Hall–Kier alpha value is -1.04. The molecule has 0 spiro atoms. The molecule has 0 amide bonds. The number of hydrogen-bond acceptors (Lipinski definition) is 3. The molecule has 0 aliphatic heterocycles. The van der Waals surface area contributed by atoms with Gasteiger partial charge in [-0.2, -0.15) is 0 Å². The Morgan fingerprint density at radius 2 is 1.60 bits per heavy atom. The van der Waals surface area contributed by atoms with Crippen LogP contribution in [-0.4, -0.2) is 19.9 Å². The van der Waals surface area contributed by atoms with E-state index in [0.29, 0.717) is 10.8 Å². The standard InChI is InChI=1S/C14H12ClFO2S2/c15-11-1-5-13(6-2-11)19-9-10-20(17,18)14-7-3-12(16)4-8-14/h1-8H,9-10H2. The van der Waals surface area contributed by atoms with Gasteiger partial charge < -0.3 is 0 Å². The van der Waals surface area contributed by atoms with E-state index in [-0.39, 0.29) is 10.6 Å². The second-order valence-electron chi connectivity index (χ2n) is 4.08. The summed E-state index contributed by atoms with van der Waals surface area (Å²) in [4.78, 5) is 1.11. The van der Waals surface area contributed by atoms with Crippen LogP contribution in [0.15, 0.2) is 58.3 Å². The van der Waals surface area contributed by atoms with Gasteiger partial charge in [-0.1, -0.05) is 11.6 Å². The number of thioether (sulfide) groups is 1. The van der Waals surface area contributed by atoms with Gasteiger partial charge in [0, 0.05) is 15.7 Å². The molecule has 0 saturated heterocycles. The Balaban J connectivity index is 1.96. The molecule has 2 aromatic carbocycles. The fourth-order valence-corrected chi connectivity index (χ4v) is 4.25. The number of rotatable bonds is 5. The lowest BCUT2D eigenvalue weighted by Crippen LogP contribution is -2.08. The van der Waals surface area contributed by atoms with Crippen LogP contribution in [-0.2, 0) is 9.84 Å². The first-order valence-electron chi connectivity index (χ1n) is 5.84. The smallest absolute Gasteiger partial charge is 0.179 e. The molecule has 0 saturated carbocycles. The maximum atomic E-state index is 12.8. The van der Waals surface area contributed by atoms with Gasteiger partial charge in [-0.15, -0.1) is 11.8 Å². The van der Waals surface area contributed by atoms with Gasteiger partial charge in [0.1, 0.15) is 5.82 Å². The molecule has 20 heavy (non-hydrogen) atoms. The highest BCUT2D eigenvalue weighted by Crippen LogP contribution is 2.21. The van der Waals surface area contributed by atoms with Crippen LogP contribution in [0, 0.1) is 5.82 Å². The van der Waals surface area contributed by atoms with E-state index < -0.39 is 15.7 Å². The number of benzene rings is 2. The zero-order valence-corrected chi connectivity index (χ0v) is 12.8. The summed E-state index contributed by atoms with van der Waals surface area (Å²) in [6, 6.07) is 12.1. The molecule has 0 aliphatic rings. The molecule has 0 aliphatic carbocycles. The van der Waals surface area contributed by atoms with Gasteiger partial charge in [0.15, 0.2) is 9.84 Å². The molecular weight excluding hydrogens is 319 g/mol. The molecule has 2 rings (SSSR count). The van der Waals surface area contributed by atoms with Gasteiger partial charge in [0.25, 0.3) is 0 Å². The second kappa shape index (κ2) is 6.61. The van der Waals surface area contributed by atoms with Gasteiger partial charge in [-0.25, -0.2) is 12.8 Å². The van der Waals surface area contributed by atoms with E-state index in [4.69, 9.17) is 11.6 Å². The average molecular weight is 331 g/mol. The lowest BCUT2D eigenvalue weighted by molar-refractivity contribution is 0.596. The molecule has 0 N–H and O–H groups in total. The molecule has 0 atom stereocenters. The zero-order chi connectivity index (χ0) is 14.6. The Morgan fingerprint density at radius 1 is 1.00 bits per heavy atom. The third-order valence-corrected chi connectivity index (χ3v) is 5.86. The highest BCUT2D eigenvalue weighted by atomic mass is 35.5. The molecule has 0 bridgehead atoms. The van der Waals surface area contributed by atoms with Crippen molar-refractivity contribution in [2.45, 2.75) is 9.79 Å². The minimum absolute atomic E-state index is 0.00588. The van der Waals surface area contributed by atoms with Crippen molar-refractivity contribution < 1.29 is 12.8 Å². The quantitative estimate of drug-likeness (QED) is 0.613. The fraction of sp³-hybridized carbons (Fsp3) is 0.143. The Kier molecular flexibility index (Phi) is 5.07. The van der Waals surface area contributed by atoms with Crippen LogP contribution in [0.4, 0.5) is 4.39 Å². The second-order valence-corrected chi connectivity index (χ2v) is 7.79. The average Bonchev–Trinajstić information content (AvgIpc) is 2.41. The van der Waals surface area contributed by atoms with E-state index in [0.717, 1.165) is 17.0 Å². The van der Waals surface area contributed by atoms with Gasteiger partial charge >= 0.3 is 0 Å². The van der Waals surface area contributed by atoms with Gasteiger partial charge in [0.05, 0.1) is 10.6 Å². The molecule has 2 aromatic rings. The summed E-state index contributed by atoms with van der Waals surface area (Å²) >= 11 is 7.22. The predicted octanol–water partition coefficient (Wildman–Crippen LogP) is 4.05. The van der Waals surface area contributed by atoms with Crippen molar-refractivity contribution >= 4 is 33.2 Å². The van der Waals surface area contributed by atoms with Crippen molar-refractivity contribution in [3.8, 4) is 0 Å².